The van der Waals surface area contributed by atoms with Gasteiger partial charge in [-0.1, -0.05) is 0 Å². The average molecular weight is 368 g/mol. The van der Waals surface area contributed by atoms with Crippen LogP contribution in [-0.2, 0) is 4.74 Å². The van der Waals surface area contributed by atoms with Gasteiger partial charge < -0.3 is 24.8 Å². The summed E-state index contributed by atoms with van der Waals surface area (Å²) >= 11 is 1.89. The standard InChI is InChI=1S/C18H29N3O3S/c1-5-19-17(20-13-18(25-4)8-10-24-11-9-18)21-14-6-7-15(22-2)16(12-14)23-3/h6-7,12H,5,8-11,13H2,1-4H3,(H2,19,20,21). The van der Waals surface area contributed by atoms with Crippen LogP contribution in [0.1, 0.15) is 19.8 Å². The van der Waals surface area contributed by atoms with E-state index < -0.39 is 0 Å². The number of nitrogens with zero attached hydrogens (tertiary/aromatic N) is 1. The molecule has 0 bridgehead atoms. The number of hydrogen-bond donors (Lipinski definition) is 2. The van der Waals surface area contributed by atoms with Gasteiger partial charge in [-0.15, -0.1) is 0 Å². The van der Waals surface area contributed by atoms with Crippen molar-refractivity contribution in [1.29, 1.82) is 0 Å². The Morgan fingerprint density at radius 2 is 1.96 bits per heavy atom. The van der Waals surface area contributed by atoms with E-state index in [2.05, 4.69) is 23.8 Å². The van der Waals surface area contributed by atoms with E-state index in [-0.39, 0.29) is 4.75 Å². The summed E-state index contributed by atoms with van der Waals surface area (Å²) in [6.07, 6.45) is 4.23. The van der Waals surface area contributed by atoms with Gasteiger partial charge in [0.15, 0.2) is 17.5 Å². The Morgan fingerprint density at radius 1 is 1.24 bits per heavy atom. The summed E-state index contributed by atoms with van der Waals surface area (Å²) < 4.78 is 16.3. The van der Waals surface area contributed by atoms with Gasteiger partial charge in [-0.2, -0.15) is 11.8 Å². The van der Waals surface area contributed by atoms with Crippen molar-refractivity contribution in [3.8, 4) is 11.5 Å². The third-order valence-corrected chi connectivity index (χ3v) is 5.76. The van der Waals surface area contributed by atoms with Crippen LogP contribution in [0.25, 0.3) is 0 Å². The fourth-order valence-corrected chi connectivity index (χ4v) is 3.52. The van der Waals surface area contributed by atoms with E-state index >= 15 is 0 Å². The second kappa shape index (κ2) is 9.77. The first kappa shape index (κ1) is 19.7. The predicted octanol–water partition coefficient (Wildman–Crippen LogP) is 2.99. The highest BCUT2D eigenvalue weighted by molar-refractivity contribution is 8.00. The molecular formula is C18H29N3O3S. The Bertz CT molecular complexity index is 575. The lowest BCUT2D eigenvalue weighted by Gasteiger charge is -2.34. The maximum atomic E-state index is 5.51. The molecule has 0 amide bonds. The molecule has 1 heterocycles. The highest BCUT2D eigenvalue weighted by Gasteiger charge is 2.31. The molecule has 0 atom stereocenters. The molecule has 0 aliphatic carbocycles. The van der Waals surface area contributed by atoms with E-state index in [0.717, 1.165) is 50.8 Å². The van der Waals surface area contributed by atoms with Gasteiger partial charge in [-0.25, -0.2) is 0 Å². The molecule has 0 saturated carbocycles. The van der Waals surface area contributed by atoms with Crippen LogP contribution in [0.3, 0.4) is 0 Å². The number of guanidine groups is 1. The number of ether oxygens (including phenoxy) is 3. The van der Waals surface area contributed by atoms with E-state index in [4.69, 9.17) is 19.2 Å². The zero-order valence-electron chi connectivity index (χ0n) is 15.6. The van der Waals surface area contributed by atoms with E-state index in [1.807, 2.05) is 30.0 Å². The van der Waals surface area contributed by atoms with Crippen molar-refractivity contribution in [1.82, 2.24) is 5.32 Å². The quantitative estimate of drug-likeness (QED) is 0.571. The summed E-state index contributed by atoms with van der Waals surface area (Å²) in [4.78, 5) is 4.82. The van der Waals surface area contributed by atoms with Gasteiger partial charge in [0, 0.05) is 36.3 Å². The van der Waals surface area contributed by atoms with Crippen molar-refractivity contribution in [3.05, 3.63) is 18.2 Å². The lowest BCUT2D eigenvalue weighted by Crippen LogP contribution is -2.38. The second-order valence-corrected chi connectivity index (χ2v) is 7.16. The molecule has 6 nitrogen and oxygen atoms in total. The van der Waals surface area contributed by atoms with Gasteiger partial charge in [-0.3, -0.25) is 4.99 Å². The van der Waals surface area contributed by atoms with Crippen LogP contribution in [-0.4, -0.2) is 57.5 Å². The van der Waals surface area contributed by atoms with Gasteiger partial charge in [-0.05, 0) is 38.2 Å². The second-order valence-electron chi connectivity index (χ2n) is 5.89. The normalized spacial score (nSPS) is 17.0. The number of benzene rings is 1. The summed E-state index contributed by atoms with van der Waals surface area (Å²) in [6, 6.07) is 5.74. The van der Waals surface area contributed by atoms with Crippen LogP contribution in [0.4, 0.5) is 5.69 Å². The lowest BCUT2D eigenvalue weighted by molar-refractivity contribution is 0.0794. The van der Waals surface area contributed by atoms with Crippen molar-refractivity contribution in [2.75, 3.05) is 52.1 Å². The van der Waals surface area contributed by atoms with Crippen LogP contribution in [0.5, 0.6) is 11.5 Å². The number of thioether (sulfide) groups is 1. The Hall–Kier alpha value is -1.60. The zero-order chi connectivity index (χ0) is 18.1. The largest absolute Gasteiger partial charge is 0.493 e. The van der Waals surface area contributed by atoms with Crippen molar-refractivity contribution in [2.24, 2.45) is 4.99 Å². The Kier molecular flexibility index (Phi) is 7.71. The fourth-order valence-electron chi connectivity index (χ4n) is 2.75. The van der Waals surface area contributed by atoms with Gasteiger partial charge in [0.05, 0.1) is 20.8 Å². The average Bonchev–Trinajstić information content (AvgIpc) is 2.67. The molecular weight excluding hydrogens is 338 g/mol. The molecule has 0 aromatic heterocycles. The van der Waals surface area contributed by atoms with Crippen molar-refractivity contribution in [3.63, 3.8) is 0 Å². The number of aliphatic imine (C=N–C) groups is 1. The molecule has 1 aromatic carbocycles. The fraction of sp³-hybridized carbons (Fsp3) is 0.611. The molecule has 1 aliphatic heterocycles. The van der Waals surface area contributed by atoms with Crippen LogP contribution in [0.15, 0.2) is 23.2 Å². The van der Waals surface area contributed by atoms with Gasteiger partial charge in [0.1, 0.15) is 0 Å². The van der Waals surface area contributed by atoms with Gasteiger partial charge in [0.2, 0.25) is 0 Å². The van der Waals surface area contributed by atoms with E-state index in [9.17, 15) is 0 Å². The molecule has 1 aliphatic rings. The first-order valence-corrected chi connectivity index (χ1v) is 9.79. The summed E-state index contributed by atoms with van der Waals surface area (Å²) in [5.74, 6) is 2.17. The van der Waals surface area contributed by atoms with Crippen LogP contribution in [0.2, 0.25) is 0 Å². The molecule has 7 heteroatoms. The monoisotopic (exact) mass is 367 g/mol. The van der Waals surface area contributed by atoms with Gasteiger partial charge in [0.25, 0.3) is 0 Å². The Labute approximate surface area is 154 Å². The molecule has 2 N–H and O–H groups in total. The first-order valence-electron chi connectivity index (χ1n) is 8.56. The van der Waals surface area contributed by atoms with Crippen LogP contribution >= 0.6 is 11.8 Å². The third kappa shape index (κ3) is 5.44. The molecule has 1 saturated heterocycles. The summed E-state index contributed by atoms with van der Waals surface area (Å²) in [5, 5.41) is 6.65. The number of methoxy groups -OCH3 is 2. The zero-order valence-corrected chi connectivity index (χ0v) is 16.4. The van der Waals surface area contributed by atoms with E-state index in [0.29, 0.717) is 11.5 Å². The number of hydrogen-bond acceptors (Lipinski definition) is 5. The highest BCUT2D eigenvalue weighted by Crippen LogP contribution is 2.34. The lowest BCUT2D eigenvalue weighted by atomic mass is 9.99. The number of anilines is 1. The van der Waals surface area contributed by atoms with Crippen molar-refractivity contribution < 1.29 is 14.2 Å². The number of rotatable bonds is 7. The SMILES string of the molecule is CCNC(=NCC1(SC)CCOCC1)Nc1ccc(OC)c(OC)c1. The minimum absolute atomic E-state index is 0.165. The highest BCUT2D eigenvalue weighted by atomic mass is 32.2. The molecule has 0 unspecified atom stereocenters. The Balaban J connectivity index is 2.11. The van der Waals surface area contributed by atoms with Crippen LogP contribution in [0, 0.1) is 0 Å². The molecule has 2 rings (SSSR count). The maximum Gasteiger partial charge on any atom is 0.195 e. The topological polar surface area (TPSA) is 64.1 Å². The molecule has 0 spiro atoms. The minimum Gasteiger partial charge on any atom is -0.493 e. The molecule has 140 valence electrons. The first-order chi connectivity index (χ1) is 12.2. The minimum atomic E-state index is 0.165. The Morgan fingerprint density at radius 3 is 2.56 bits per heavy atom. The van der Waals surface area contributed by atoms with E-state index in [1.165, 1.54) is 0 Å². The van der Waals surface area contributed by atoms with Crippen molar-refractivity contribution >= 4 is 23.4 Å². The summed E-state index contributed by atoms with van der Waals surface area (Å²) in [6.45, 7) is 5.26. The van der Waals surface area contributed by atoms with Crippen LogP contribution < -0.4 is 20.1 Å². The summed E-state index contributed by atoms with van der Waals surface area (Å²) in [5.41, 5.74) is 0.905. The number of nitrogens with one attached hydrogen (secondary N) is 2. The van der Waals surface area contributed by atoms with E-state index in [1.54, 1.807) is 14.2 Å². The third-order valence-electron chi connectivity index (χ3n) is 4.35. The van der Waals surface area contributed by atoms with Gasteiger partial charge >= 0.3 is 0 Å². The molecule has 1 aromatic rings. The molecule has 0 radical (unpaired) electrons. The molecule has 25 heavy (non-hydrogen) atoms. The summed E-state index contributed by atoms with van der Waals surface area (Å²) in [7, 11) is 3.26. The maximum absolute atomic E-state index is 5.51. The van der Waals surface area contributed by atoms with Crippen molar-refractivity contribution in [2.45, 2.75) is 24.5 Å². The predicted molar refractivity (Wildman–Crippen MR) is 105 cm³/mol. The smallest absolute Gasteiger partial charge is 0.195 e. The molecule has 1 fully saturated rings.